The van der Waals surface area contributed by atoms with Gasteiger partial charge < -0.3 is 9.52 Å². The number of rotatable bonds is 3. The first-order valence-corrected chi connectivity index (χ1v) is 4.08. The van der Waals surface area contributed by atoms with Crippen molar-refractivity contribution in [3.8, 4) is 0 Å². The molecule has 1 heterocycles. The van der Waals surface area contributed by atoms with Gasteiger partial charge in [0.25, 0.3) is 0 Å². The van der Waals surface area contributed by atoms with Crippen LogP contribution < -0.4 is 0 Å². The minimum atomic E-state index is -6.00. The Hall–Kier alpha value is -1.86. The Morgan fingerprint density at radius 3 is 2.29 bits per heavy atom. The van der Waals surface area contributed by atoms with Crippen molar-refractivity contribution < 1.29 is 36.3 Å². The molecule has 1 aromatic heterocycles. The molecule has 3 nitrogen and oxygen atoms in total. The third kappa shape index (κ3) is 2.63. The van der Waals surface area contributed by atoms with Crippen molar-refractivity contribution in [2.24, 2.45) is 0 Å². The summed E-state index contributed by atoms with van der Waals surface area (Å²) in [7, 11) is 0. The Morgan fingerprint density at radius 2 is 1.88 bits per heavy atom. The quantitative estimate of drug-likeness (QED) is 0.514. The number of furan rings is 1. The fraction of sp³-hybridized carbons (Fsp3) is 0.222. The van der Waals surface area contributed by atoms with Crippen LogP contribution in [0, 0.1) is 0 Å². The van der Waals surface area contributed by atoms with E-state index in [-0.39, 0.29) is 11.6 Å². The minimum Gasteiger partial charge on any atom is -0.507 e. The van der Waals surface area contributed by atoms with Crippen LogP contribution in [0.3, 0.4) is 0 Å². The molecule has 0 radical (unpaired) electrons. The normalized spacial score (nSPS) is 13.8. The Kier molecular flexibility index (Phi) is 3.25. The molecule has 17 heavy (non-hydrogen) atoms. The lowest BCUT2D eigenvalue weighted by Gasteiger charge is -2.16. The average molecular weight is 256 g/mol. The molecule has 1 rings (SSSR count). The maximum Gasteiger partial charge on any atom is 0.461 e. The summed E-state index contributed by atoms with van der Waals surface area (Å²) in [5.74, 6) is -9.12. The predicted octanol–water partition coefficient (Wildman–Crippen LogP) is 2.95. The standard InChI is InChI=1S/C9H5F5O3/c10-8(11,9(12,13)14)7(16)3-6(15)5-1-2-17-4-5/h1-4,15H/b6-3-. The molecule has 0 saturated carbocycles. The second-order valence-corrected chi connectivity index (χ2v) is 2.98. The summed E-state index contributed by atoms with van der Waals surface area (Å²) < 4.78 is 64.7. The number of alkyl halides is 5. The number of allylic oxidation sites excluding steroid dienone is 1. The highest BCUT2D eigenvalue weighted by molar-refractivity contribution is 6.00. The number of halogens is 5. The fourth-order valence-electron chi connectivity index (χ4n) is 0.848. The third-order valence-corrected chi connectivity index (χ3v) is 1.75. The van der Waals surface area contributed by atoms with Crippen LogP contribution >= 0.6 is 0 Å². The van der Waals surface area contributed by atoms with Gasteiger partial charge in [-0.2, -0.15) is 22.0 Å². The molecule has 0 aliphatic heterocycles. The lowest BCUT2D eigenvalue weighted by molar-refractivity contribution is -0.266. The molecular formula is C9H5F5O3. The summed E-state index contributed by atoms with van der Waals surface area (Å²) in [6.07, 6.45) is -4.27. The van der Waals surface area contributed by atoms with Gasteiger partial charge in [-0.3, -0.25) is 4.79 Å². The van der Waals surface area contributed by atoms with E-state index >= 15 is 0 Å². The van der Waals surface area contributed by atoms with Gasteiger partial charge in [-0.15, -0.1) is 0 Å². The molecule has 0 bridgehead atoms. The number of carbonyl (C=O) groups is 1. The van der Waals surface area contributed by atoms with E-state index in [0.29, 0.717) is 0 Å². The van der Waals surface area contributed by atoms with Crippen LogP contribution in [-0.4, -0.2) is 23.0 Å². The first-order valence-electron chi connectivity index (χ1n) is 4.08. The minimum absolute atomic E-state index is 0.184. The predicted molar refractivity (Wildman–Crippen MR) is 45.3 cm³/mol. The van der Waals surface area contributed by atoms with Crippen molar-refractivity contribution in [2.75, 3.05) is 0 Å². The van der Waals surface area contributed by atoms with E-state index in [1.807, 2.05) is 0 Å². The van der Waals surface area contributed by atoms with Gasteiger partial charge in [-0.25, -0.2) is 0 Å². The summed E-state index contributed by atoms with van der Waals surface area (Å²) in [4.78, 5) is 10.7. The Bertz CT molecular complexity index is 430. The van der Waals surface area contributed by atoms with E-state index in [2.05, 4.69) is 4.42 Å². The van der Waals surface area contributed by atoms with Crippen molar-refractivity contribution in [3.05, 3.63) is 30.2 Å². The maximum atomic E-state index is 12.5. The van der Waals surface area contributed by atoms with Gasteiger partial charge in [0.05, 0.1) is 11.8 Å². The van der Waals surface area contributed by atoms with Crippen LogP contribution in [0.2, 0.25) is 0 Å². The van der Waals surface area contributed by atoms with Crippen molar-refractivity contribution in [1.29, 1.82) is 0 Å². The molecule has 8 heteroatoms. The van der Waals surface area contributed by atoms with Gasteiger partial charge in [0.1, 0.15) is 12.0 Å². The Morgan fingerprint density at radius 1 is 1.29 bits per heavy atom. The first-order chi connectivity index (χ1) is 7.66. The SMILES string of the molecule is O=C(/C=C(\O)c1ccoc1)C(F)(F)C(F)(F)F. The van der Waals surface area contributed by atoms with Gasteiger partial charge in [-0.05, 0) is 6.07 Å². The molecule has 0 fully saturated rings. The van der Waals surface area contributed by atoms with E-state index in [9.17, 15) is 26.7 Å². The topological polar surface area (TPSA) is 50.4 Å². The highest BCUT2D eigenvalue weighted by Crippen LogP contribution is 2.36. The molecule has 0 aliphatic rings. The zero-order valence-electron chi connectivity index (χ0n) is 7.96. The summed E-state index contributed by atoms with van der Waals surface area (Å²) in [6, 6.07) is 1.09. The molecular weight excluding hydrogens is 251 g/mol. The summed E-state index contributed by atoms with van der Waals surface area (Å²) in [5.41, 5.74) is -0.184. The van der Waals surface area contributed by atoms with Gasteiger partial charge in [0.15, 0.2) is 0 Å². The number of hydrogen-bond acceptors (Lipinski definition) is 3. The van der Waals surface area contributed by atoms with Crippen LogP contribution in [0.25, 0.3) is 5.76 Å². The summed E-state index contributed by atoms with van der Waals surface area (Å²) in [6.45, 7) is 0. The van der Waals surface area contributed by atoms with Gasteiger partial charge in [0, 0.05) is 6.08 Å². The van der Waals surface area contributed by atoms with E-state index in [0.717, 1.165) is 18.6 Å². The lowest BCUT2D eigenvalue weighted by atomic mass is 10.1. The van der Waals surface area contributed by atoms with Crippen molar-refractivity contribution in [1.82, 2.24) is 0 Å². The largest absolute Gasteiger partial charge is 0.507 e. The number of aliphatic hydroxyl groups is 1. The second-order valence-electron chi connectivity index (χ2n) is 2.98. The van der Waals surface area contributed by atoms with Gasteiger partial charge in [-0.1, -0.05) is 0 Å². The fourth-order valence-corrected chi connectivity index (χ4v) is 0.848. The highest BCUT2D eigenvalue weighted by atomic mass is 19.4. The molecule has 0 amide bonds. The van der Waals surface area contributed by atoms with Crippen LogP contribution in [0.15, 0.2) is 29.1 Å². The van der Waals surface area contributed by atoms with E-state index in [1.165, 1.54) is 0 Å². The Balaban J connectivity index is 2.97. The number of carbonyl (C=O) groups excluding carboxylic acids is 1. The zero-order valence-corrected chi connectivity index (χ0v) is 7.96. The number of aliphatic hydroxyl groups excluding tert-OH is 1. The van der Waals surface area contributed by atoms with Gasteiger partial charge >= 0.3 is 12.1 Å². The zero-order chi connectivity index (χ0) is 13.3. The van der Waals surface area contributed by atoms with Crippen LogP contribution in [0.1, 0.15) is 5.56 Å². The molecule has 0 aromatic carbocycles. The lowest BCUT2D eigenvalue weighted by Crippen LogP contribution is -2.43. The molecule has 0 unspecified atom stereocenters. The maximum absolute atomic E-state index is 12.5. The molecule has 0 spiro atoms. The molecule has 0 saturated heterocycles. The summed E-state index contributed by atoms with van der Waals surface area (Å²) >= 11 is 0. The van der Waals surface area contributed by atoms with Crippen molar-refractivity contribution in [2.45, 2.75) is 12.1 Å². The average Bonchev–Trinajstić information content (AvgIpc) is 2.68. The summed E-state index contributed by atoms with van der Waals surface area (Å²) in [5, 5.41) is 9.09. The molecule has 1 N–H and O–H groups in total. The van der Waals surface area contributed by atoms with Crippen molar-refractivity contribution >= 4 is 11.5 Å². The first kappa shape index (κ1) is 13.2. The van der Waals surface area contributed by atoms with Crippen molar-refractivity contribution in [3.63, 3.8) is 0 Å². The van der Waals surface area contributed by atoms with E-state index < -0.39 is 23.6 Å². The van der Waals surface area contributed by atoms with E-state index in [1.54, 1.807) is 0 Å². The molecule has 1 aromatic rings. The van der Waals surface area contributed by atoms with Crippen LogP contribution in [-0.2, 0) is 4.79 Å². The monoisotopic (exact) mass is 256 g/mol. The molecule has 94 valence electrons. The molecule has 0 aliphatic carbocycles. The third-order valence-electron chi connectivity index (χ3n) is 1.75. The number of ketones is 1. The highest BCUT2D eigenvalue weighted by Gasteiger charge is 2.62. The van der Waals surface area contributed by atoms with E-state index in [4.69, 9.17) is 5.11 Å². The van der Waals surface area contributed by atoms with Crippen LogP contribution in [0.5, 0.6) is 0 Å². The molecule has 0 atom stereocenters. The number of hydrogen-bond donors (Lipinski definition) is 1. The smallest absolute Gasteiger partial charge is 0.461 e. The van der Waals surface area contributed by atoms with Crippen LogP contribution in [0.4, 0.5) is 22.0 Å². The van der Waals surface area contributed by atoms with Gasteiger partial charge in [0.2, 0.25) is 5.78 Å². The Labute approximate surface area is 91.1 Å². The second kappa shape index (κ2) is 4.19.